The van der Waals surface area contributed by atoms with Crippen molar-refractivity contribution in [2.24, 2.45) is 0 Å². The number of carbonyl (C=O) groups excluding carboxylic acids is 1. The minimum atomic E-state index is -0.419. The molecule has 18 heavy (non-hydrogen) atoms. The average Bonchev–Trinajstić information content (AvgIpc) is 2.38. The molecule has 0 saturated carbocycles. The van der Waals surface area contributed by atoms with Gasteiger partial charge in [0.1, 0.15) is 18.6 Å². The number of carbonyl (C=O) groups is 1. The largest absolute Gasteiger partial charge is 0.477 e. The number of nitrogens with zero attached hydrogens (tertiary/aromatic N) is 1. The van der Waals surface area contributed by atoms with Gasteiger partial charge < -0.3 is 19.2 Å². The Morgan fingerprint density at radius 2 is 2.11 bits per heavy atom. The van der Waals surface area contributed by atoms with Crippen LogP contribution >= 0.6 is 0 Å². The van der Waals surface area contributed by atoms with Crippen molar-refractivity contribution in [3.05, 3.63) is 28.3 Å². The maximum atomic E-state index is 11.6. The molecule has 0 atom stereocenters. The van der Waals surface area contributed by atoms with Crippen LogP contribution in [0.2, 0.25) is 0 Å². The minimum Gasteiger partial charge on any atom is -0.477 e. The molecular weight excluding hydrogens is 238 g/mol. The molecule has 100 valence electrons. The minimum absolute atomic E-state index is 0.0345. The molecule has 0 bridgehead atoms. The second kappa shape index (κ2) is 6.80. The summed E-state index contributed by atoms with van der Waals surface area (Å²) in [6.07, 6.45) is 1.10. The fourth-order valence-electron chi connectivity index (χ4n) is 1.43. The van der Waals surface area contributed by atoms with Crippen molar-refractivity contribution in [3.63, 3.8) is 0 Å². The van der Waals surface area contributed by atoms with Crippen LogP contribution in [0.15, 0.2) is 21.5 Å². The predicted molar refractivity (Wildman–Crippen MR) is 64.3 cm³/mol. The molecule has 1 aromatic heterocycles. The van der Waals surface area contributed by atoms with Gasteiger partial charge >= 0.3 is 0 Å². The van der Waals surface area contributed by atoms with Crippen molar-refractivity contribution in [1.82, 2.24) is 4.90 Å². The van der Waals surface area contributed by atoms with Gasteiger partial charge in [-0.2, -0.15) is 0 Å². The number of aliphatic hydroxyl groups excluding tert-OH is 1. The molecule has 1 rings (SSSR count). The molecule has 0 saturated heterocycles. The molecule has 0 aliphatic carbocycles. The second-order valence-corrected chi connectivity index (χ2v) is 3.59. The summed E-state index contributed by atoms with van der Waals surface area (Å²) in [7, 11) is 0. The number of hydrogen-bond donors (Lipinski definition) is 1. The third-order valence-electron chi connectivity index (χ3n) is 2.48. The SMILES string of the molecule is CCN(CC)C(=O)COc1coc(CO)cc1=O. The summed E-state index contributed by atoms with van der Waals surface area (Å²) in [5.41, 5.74) is -0.419. The summed E-state index contributed by atoms with van der Waals surface area (Å²) in [6.45, 7) is 4.36. The maximum Gasteiger partial charge on any atom is 0.260 e. The van der Waals surface area contributed by atoms with Crippen LogP contribution in [-0.4, -0.2) is 35.6 Å². The highest BCUT2D eigenvalue weighted by atomic mass is 16.5. The van der Waals surface area contributed by atoms with E-state index in [9.17, 15) is 9.59 Å². The zero-order chi connectivity index (χ0) is 13.5. The lowest BCUT2D eigenvalue weighted by atomic mass is 10.4. The Labute approximate surface area is 105 Å². The molecule has 0 aromatic carbocycles. The number of rotatable bonds is 6. The van der Waals surface area contributed by atoms with E-state index in [2.05, 4.69) is 0 Å². The summed E-state index contributed by atoms with van der Waals surface area (Å²) in [6, 6.07) is 1.14. The second-order valence-electron chi connectivity index (χ2n) is 3.59. The highest BCUT2D eigenvalue weighted by molar-refractivity contribution is 5.77. The highest BCUT2D eigenvalue weighted by Gasteiger charge is 2.12. The summed E-state index contributed by atoms with van der Waals surface area (Å²) < 4.78 is 10.0. The first-order chi connectivity index (χ1) is 8.62. The first-order valence-corrected chi connectivity index (χ1v) is 5.75. The van der Waals surface area contributed by atoms with Crippen molar-refractivity contribution >= 4 is 5.91 Å². The fraction of sp³-hybridized carbons (Fsp3) is 0.500. The molecule has 0 aliphatic rings. The zero-order valence-corrected chi connectivity index (χ0v) is 10.5. The molecule has 6 heteroatoms. The van der Waals surface area contributed by atoms with Crippen LogP contribution in [0.5, 0.6) is 5.75 Å². The summed E-state index contributed by atoms with van der Waals surface area (Å²) in [5.74, 6) is -0.0687. The van der Waals surface area contributed by atoms with E-state index in [1.54, 1.807) is 4.90 Å². The van der Waals surface area contributed by atoms with Crippen LogP contribution in [-0.2, 0) is 11.4 Å². The Morgan fingerprint density at radius 1 is 1.44 bits per heavy atom. The molecule has 1 heterocycles. The summed E-state index contributed by atoms with van der Waals surface area (Å²) in [4.78, 5) is 24.7. The van der Waals surface area contributed by atoms with Gasteiger partial charge in [0.15, 0.2) is 6.61 Å². The van der Waals surface area contributed by atoms with Crippen LogP contribution in [0, 0.1) is 0 Å². The maximum absolute atomic E-state index is 11.6. The molecule has 0 aliphatic heterocycles. The van der Waals surface area contributed by atoms with Crippen LogP contribution in [0.4, 0.5) is 0 Å². The van der Waals surface area contributed by atoms with Gasteiger partial charge in [-0.05, 0) is 13.8 Å². The van der Waals surface area contributed by atoms with Crippen molar-refractivity contribution < 1.29 is 19.1 Å². The lowest BCUT2D eigenvalue weighted by Gasteiger charge is -2.18. The van der Waals surface area contributed by atoms with Crippen LogP contribution in [0.3, 0.4) is 0 Å². The van der Waals surface area contributed by atoms with E-state index in [1.165, 1.54) is 0 Å². The molecule has 1 N–H and O–H groups in total. The first-order valence-electron chi connectivity index (χ1n) is 5.75. The van der Waals surface area contributed by atoms with Crippen LogP contribution < -0.4 is 10.2 Å². The van der Waals surface area contributed by atoms with Crippen molar-refractivity contribution in [2.45, 2.75) is 20.5 Å². The van der Waals surface area contributed by atoms with Crippen molar-refractivity contribution in [3.8, 4) is 5.75 Å². The Kier molecular flexibility index (Phi) is 5.38. The summed E-state index contributed by atoms with van der Waals surface area (Å²) in [5, 5.41) is 8.77. The molecule has 1 aromatic rings. The smallest absolute Gasteiger partial charge is 0.260 e. The first kappa shape index (κ1) is 14.2. The molecule has 0 unspecified atom stereocenters. The fourth-order valence-corrected chi connectivity index (χ4v) is 1.43. The van der Waals surface area contributed by atoms with E-state index in [-0.39, 0.29) is 30.6 Å². The van der Waals surface area contributed by atoms with Gasteiger partial charge in [0.05, 0.1) is 0 Å². The Hall–Kier alpha value is -1.82. The number of aliphatic hydroxyl groups is 1. The number of amides is 1. The molecule has 1 amide bonds. The Balaban J connectivity index is 2.64. The van der Waals surface area contributed by atoms with Gasteiger partial charge in [0.25, 0.3) is 5.91 Å². The van der Waals surface area contributed by atoms with E-state index in [4.69, 9.17) is 14.3 Å². The van der Waals surface area contributed by atoms with Crippen molar-refractivity contribution in [1.29, 1.82) is 0 Å². The zero-order valence-electron chi connectivity index (χ0n) is 10.5. The molecular formula is C12H17NO5. The molecule has 0 fully saturated rings. The summed E-state index contributed by atoms with van der Waals surface area (Å²) >= 11 is 0. The lowest BCUT2D eigenvalue weighted by Crippen LogP contribution is -2.34. The molecule has 6 nitrogen and oxygen atoms in total. The molecule has 0 radical (unpaired) electrons. The lowest BCUT2D eigenvalue weighted by molar-refractivity contribution is -0.133. The predicted octanol–water partition coefficient (Wildman–Crippen LogP) is 0.379. The number of likely N-dealkylation sites (N-methyl/N-ethyl adjacent to an activating group) is 1. The number of hydrogen-bond acceptors (Lipinski definition) is 5. The van der Waals surface area contributed by atoms with Crippen LogP contribution in [0.1, 0.15) is 19.6 Å². The van der Waals surface area contributed by atoms with Crippen molar-refractivity contribution in [2.75, 3.05) is 19.7 Å². The van der Waals surface area contributed by atoms with Gasteiger partial charge in [0.2, 0.25) is 11.2 Å². The Morgan fingerprint density at radius 3 is 2.61 bits per heavy atom. The van der Waals surface area contributed by atoms with E-state index >= 15 is 0 Å². The normalized spacial score (nSPS) is 10.2. The van der Waals surface area contributed by atoms with E-state index in [1.807, 2.05) is 13.8 Å². The third kappa shape index (κ3) is 3.59. The number of ether oxygens (including phenoxy) is 1. The van der Waals surface area contributed by atoms with Gasteiger partial charge in [-0.3, -0.25) is 9.59 Å². The third-order valence-corrected chi connectivity index (χ3v) is 2.48. The standard InChI is InChI=1S/C12H17NO5/c1-3-13(4-2)12(16)8-18-11-7-17-9(6-14)5-10(11)15/h5,7,14H,3-4,6,8H2,1-2H3. The Bertz CT molecular complexity index is 450. The monoisotopic (exact) mass is 255 g/mol. The quantitative estimate of drug-likeness (QED) is 0.794. The van der Waals surface area contributed by atoms with E-state index < -0.39 is 5.43 Å². The highest BCUT2D eigenvalue weighted by Crippen LogP contribution is 2.06. The van der Waals surface area contributed by atoms with Gasteiger partial charge in [0, 0.05) is 19.2 Å². The molecule has 0 spiro atoms. The van der Waals surface area contributed by atoms with E-state index in [0.717, 1.165) is 12.3 Å². The average molecular weight is 255 g/mol. The van der Waals surface area contributed by atoms with Gasteiger partial charge in [-0.15, -0.1) is 0 Å². The van der Waals surface area contributed by atoms with Gasteiger partial charge in [-0.1, -0.05) is 0 Å². The topological polar surface area (TPSA) is 80.0 Å². The van der Waals surface area contributed by atoms with E-state index in [0.29, 0.717) is 13.1 Å². The van der Waals surface area contributed by atoms with Crippen LogP contribution in [0.25, 0.3) is 0 Å². The van der Waals surface area contributed by atoms with Gasteiger partial charge in [-0.25, -0.2) is 0 Å².